The first-order valence-corrected chi connectivity index (χ1v) is 9.44. The molecule has 0 spiro atoms. The van der Waals surface area contributed by atoms with Gasteiger partial charge in [0.2, 0.25) is 10.0 Å². The maximum absolute atomic E-state index is 13.3. The highest BCUT2D eigenvalue weighted by Gasteiger charge is 2.46. The molecule has 0 aromatic heterocycles. The van der Waals surface area contributed by atoms with E-state index in [1.165, 1.54) is 6.07 Å². The van der Waals surface area contributed by atoms with E-state index in [2.05, 4.69) is 20.7 Å². The van der Waals surface area contributed by atoms with E-state index in [1.54, 1.807) is 12.1 Å². The summed E-state index contributed by atoms with van der Waals surface area (Å²) in [6, 6.07) is 4.03. The summed E-state index contributed by atoms with van der Waals surface area (Å²) >= 11 is 3.09. The second kappa shape index (κ2) is 6.25. The van der Waals surface area contributed by atoms with Crippen molar-refractivity contribution in [3.05, 3.63) is 34.1 Å². The van der Waals surface area contributed by atoms with Crippen molar-refractivity contribution in [2.45, 2.75) is 31.7 Å². The summed E-state index contributed by atoms with van der Waals surface area (Å²) in [4.78, 5) is 11.7. The minimum absolute atomic E-state index is 0.227. The number of benzene rings is 1. The molecule has 22 heavy (non-hydrogen) atoms. The third-order valence-corrected chi connectivity index (χ3v) is 5.34. The summed E-state index contributed by atoms with van der Waals surface area (Å²) in [5.74, 6) is -1.36. The van der Waals surface area contributed by atoms with Gasteiger partial charge in [-0.1, -0.05) is 6.07 Å². The largest absolute Gasteiger partial charge is 0.481 e. The van der Waals surface area contributed by atoms with Gasteiger partial charge in [0.25, 0.3) is 0 Å². The molecule has 2 N–H and O–H groups in total. The monoisotopic (exact) mass is 393 g/mol. The lowest BCUT2D eigenvalue weighted by Gasteiger charge is -2.24. The second-order valence-electron chi connectivity index (χ2n) is 5.84. The molecule has 2 rings (SSSR count). The van der Waals surface area contributed by atoms with E-state index in [9.17, 15) is 22.7 Å². The summed E-state index contributed by atoms with van der Waals surface area (Å²) in [5, 5.41) is 9.60. The van der Waals surface area contributed by atoms with Crippen LogP contribution in [0.4, 0.5) is 4.39 Å². The van der Waals surface area contributed by atoms with Crippen LogP contribution in [0, 0.1) is 11.2 Å². The quantitative estimate of drug-likeness (QED) is 0.803. The van der Waals surface area contributed by atoms with Gasteiger partial charge in [-0.15, -0.1) is 0 Å². The standard InChI is InChI=1S/C14H17BrFNO4S/c1-22(20,21)17-10-4-5-14(8-10,13(18)19)7-9-2-3-12(16)11(15)6-9/h2-3,6,10,17H,4-5,7-8H2,1H3,(H,18,19)/t10?,14-/m1/s1. The van der Waals surface area contributed by atoms with Crippen molar-refractivity contribution >= 4 is 31.9 Å². The zero-order chi connectivity index (χ0) is 16.5. The van der Waals surface area contributed by atoms with Crippen LogP contribution in [0.5, 0.6) is 0 Å². The first-order valence-electron chi connectivity index (χ1n) is 6.76. The zero-order valence-electron chi connectivity index (χ0n) is 12.0. The highest BCUT2D eigenvalue weighted by atomic mass is 79.9. The lowest BCUT2D eigenvalue weighted by atomic mass is 9.80. The van der Waals surface area contributed by atoms with Crippen LogP contribution in [-0.4, -0.2) is 31.8 Å². The van der Waals surface area contributed by atoms with E-state index in [0.717, 1.165) is 6.26 Å². The van der Waals surface area contributed by atoms with Gasteiger partial charge in [0.05, 0.1) is 16.1 Å². The molecule has 8 heteroatoms. The van der Waals surface area contributed by atoms with E-state index < -0.39 is 27.2 Å². The van der Waals surface area contributed by atoms with Crippen molar-refractivity contribution in [3.8, 4) is 0 Å². The van der Waals surface area contributed by atoms with Gasteiger partial charge in [-0.25, -0.2) is 17.5 Å². The highest BCUT2D eigenvalue weighted by molar-refractivity contribution is 9.10. The molecule has 2 atom stereocenters. The van der Waals surface area contributed by atoms with Gasteiger partial charge in [-0.05, 0) is 59.3 Å². The van der Waals surface area contributed by atoms with Crippen LogP contribution in [0.1, 0.15) is 24.8 Å². The molecule has 5 nitrogen and oxygen atoms in total. The predicted molar refractivity (Wildman–Crippen MR) is 83.5 cm³/mol. The molecule has 1 unspecified atom stereocenters. The molecule has 0 radical (unpaired) electrons. The fraction of sp³-hybridized carbons (Fsp3) is 0.500. The predicted octanol–water partition coefficient (Wildman–Crippen LogP) is 2.30. The minimum atomic E-state index is -3.37. The Labute approximate surface area is 137 Å². The Morgan fingerprint density at radius 2 is 2.23 bits per heavy atom. The van der Waals surface area contributed by atoms with Crippen molar-refractivity contribution in [3.63, 3.8) is 0 Å². The number of carbonyl (C=O) groups is 1. The Balaban J connectivity index is 2.20. The van der Waals surface area contributed by atoms with Gasteiger partial charge in [-0.2, -0.15) is 0 Å². The summed E-state index contributed by atoms with van der Waals surface area (Å²) in [6.07, 6.45) is 2.38. The Bertz CT molecular complexity index is 694. The molecule has 0 saturated heterocycles. The molecule has 1 aromatic carbocycles. The number of carboxylic acids is 1. The van der Waals surface area contributed by atoms with E-state index in [-0.39, 0.29) is 23.4 Å². The fourth-order valence-electron chi connectivity index (χ4n) is 3.00. The van der Waals surface area contributed by atoms with Crippen LogP contribution in [0.15, 0.2) is 22.7 Å². The number of carboxylic acid groups (broad SMARTS) is 1. The molecule has 1 aromatic rings. The normalized spacial score (nSPS) is 25.3. The minimum Gasteiger partial charge on any atom is -0.481 e. The molecule has 122 valence electrons. The molecule has 1 aliphatic carbocycles. The topological polar surface area (TPSA) is 83.5 Å². The first-order chi connectivity index (χ1) is 10.1. The van der Waals surface area contributed by atoms with E-state index in [0.29, 0.717) is 18.4 Å². The lowest BCUT2D eigenvalue weighted by molar-refractivity contribution is -0.148. The molecule has 0 amide bonds. The number of halogens is 2. The fourth-order valence-corrected chi connectivity index (χ4v) is 4.23. The van der Waals surface area contributed by atoms with Crippen molar-refractivity contribution in [2.24, 2.45) is 5.41 Å². The van der Waals surface area contributed by atoms with Gasteiger partial charge in [0.15, 0.2) is 0 Å². The number of hydrogen-bond donors (Lipinski definition) is 2. The van der Waals surface area contributed by atoms with E-state index >= 15 is 0 Å². The smallest absolute Gasteiger partial charge is 0.310 e. The average Bonchev–Trinajstić information content (AvgIpc) is 2.76. The molecular formula is C14H17BrFNO4S. The van der Waals surface area contributed by atoms with Gasteiger partial charge in [0, 0.05) is 6.04 Å². The molecule has 1 fully saturated rings. The first kappa shape index (κ1) is 17.4. The number of rotatable bonds is 5. The number of sulfonamides is 1. The molecule has 0 heterocycles. The van der Waals surface area contributed by atoms with Crippen LogP contribution >= 0.6 is 15.9 Å². The van der Waals surface area contributed by atoms with Gasteiger partial charge >= 0.3 is 5.97 Å². The van der Waals surface area contributed by atoms with E-state index in [1.807, 2.05) is 0 Å². The summed E-state index contributed by atoms with van der Waals surface area (Å²) < 4.78 is 38.6. The SMILES string of the molecule is CS(=O)(=O)NC1CC[C@](Cc2ccc(F)c(Br)c2)(C(=O)O)C1. The number of aliphatic carboxylic acids is 1. The van der Waals surface area contributed by atoms with E-state index in [4.69, 9.17) is 0 Å². The molecule has 1 saturated carbocycles. The van der Waals surface area contributed by atoms with Crippen LogP contribution in [0.2, 0.25) is 0 Å². The zero-order valence-corrected chi connectivity index (χ0v) is 14.4. The van der Waals surface area contributed by atoms with Crippen LogP contribution in [-0.2, 0) is 21.2 Å². The van der Waals surface area contributed by atoms with Gasteiger partial charge in [-0.3, -0.25) is 4.79 Å². The third-order valence-electron chi connectivity index (χ3n) is 3.97. The Hall–Kier alpha value is -0.990. The van der Waals surface area contributed by atoms with Crippen molar-refractivity contribution in [1.29, 1.82) is 0 Å². The van der Waals surface area contributed by atoms with Crippen LogP contribution in [0.25, 0.3) is 0 Å². The molecule has 0 aliphatic heterocycles. The summed E-state index contributed by atoms with van der Waals surface area (Å²) in [5.41, 5.74) is -0.324. The van der Waals surface area contributed by atoms with Crippen molar-refractivity contribution < 1.29 is 22.7 Å². The Morgan fingerprint density at radius 3 is 2.77 bits per heavy atom. The lowest BCUT2D eigenvalue weighted by Crippen LogP contribution is -2.36. The molecular weight excluding hydrogens is 377 g/mol. The Morgan fingerprint density at radius 1 is 1.55 bits per heavy atom. The molecule has 1 aliphatic rings. The van der Waals surface area contributed by atoms with Crippen molar-refractivity contribution in [2.75, 3.05) is 6.26 Å². The maximum Gasteiger partial charge on any atom is 0.310 e. The average molecular weight is 394 g/mol. The maximum atomic E-state index is 13.3. The second-order valence-corrected chi connectivity index (χ2v) is 8.47. The highest BCUT2D eigenvalue weighted by Crippen LogP contribution is 2.42. The summed E-state index contributed by atoms with van der Waals surface area (Å²) in [7, 11) is -3.37. The number of nitrogens with one attached hydrogen (secondary N) is 1. The van der Waals surface area contributed by atoms with Gasteiger partial charge < -0.3 is 5.11 Å². The number of hydrogen-bond acceptors (Lipinski definition) is 3. The van der Waals surface area contributed by atoms with Crippen LogP contribution < -0.4 is 4.72 Å². The van der Waals surface area contributed by atoms with Crippen LogP contribution in [0.3, 0.4) is 0 Å². The summed E-state index contributed by atoms with van der Waals surface area (Å²) in [6.45, 7) is 0. The Kier molecular flexibility index (Phi) is 4.93. The van der Waals surface area contributed by atoms with Crippen molar-refractivity contribution in [1.82, 2.24) is 4.72 Å². The third kappa shape index (κ3) is 4.05. The molecule has 0 bridgehead atoms. The van der Waals surface area contributed by atoms with Gasteiger partial charge in [0.1, 0.15) is 5.82 Å².